The molecule has 0 bridgehead atoms. The van der Waals surface area contributed by atoms with Crippen LogP contribution in [0.1, 0.15) is 5.56 Å². The summed E-state index contributed by atoms with van der Waals surface area (Å²) >= 11 is 0. The first-order chi connectivity index (χ1) is 18.5. The molecule has 0 unspecified atom stereocenters. The van der Waals surface area contributed by atoms with E-state index in [1.807, 2.05) is 12.1 Å². The zero-order valence-electron chi connectivity index (χ0n) is 20.8. The molecule has 0 spiro atoms. The van der Waals surface area contributed by atoms with Gasteiger partial charge < -0.3 is 18.9 Å². The van der Waals surface area contributed by atoms with Crippen molar-refractivity contribution in [1.29, 1.82) is 0 Å². The highest BCUT2D eigenvalue weighted by Crippen LogP contribution is 2.31. The number of nitrogens with zero attached hydrogens (tertiary/aromatic N) is 5. The Bertz CT molecular complexity index is 1640. The van der Waals surface area contributed by atoms with Crippen molar-refractivity contribution < 1.29 is 26.1 Å². The maximum atomic E-state index is 12.8. The lowest BCUT2D eigenvalue weighted by Crippen LogP contribution is -2.44. The monoisotopic (exact) mass is 559 g/mol. The number of alkyl halides is 3. The van der Waals surface area contributed by atoms with Crippen LogP contribution in [0.25, 0.3) is 22.8 Å². The summed E-state index contributed by atoms with van der Waals surface area (Å²) < 4.78 is 68.3. The van der Waals surface area contributed by atoms with E-state index in [2.05, 4.69) is 39.1 Å². The van der Waals surface area contributed by atoms with Crippen LogP contribution in [0.3, 0.4) is 0 Å². The Morgan fingerprint density at radius 1 is 0.949 bits per heavy atom. The van der Waals surface area contributed by atoms with E-state index in [1.165, 1.54) is 10.6 Å². The summed E-state index contributed by atoms with van der Waals surface area (Å²) in [5.74, 6) is 0.149. The number of rotatable bonds is 6. The normalized spacial score (nSPS) is 15.0. The van der Waals surface area contributed by atoms with Gasteiger partial charge in [0.2, 0.25) is 5.82 Å². The topological polar surface area (TPSA) is 102 Å². The third-order valence-corrected chi connectivity index (χ3v) is 8.02. The molecule has 9 nitrogen and oxygen atoms in total. The van der Waals surface area contributed by atoms with Crippen LogP contribution in [0.4, 0.5) is 18.9 Å². The summed E-state index contributed by atoms with van der Waals surface area (Å²) in [6.07, 6.45) is 1.61. The standard InChI is InChI=1S/C26H24F3N5O4S/c1-32-11-13-33(14-12-32)21-4-2-3-18(15-21)16-34-17-20(7-10-23(34)35)24-30-25(38-31-24)19-5-8-22(9-6-19)39(36,37)26(27,28)29/h2-10,15,17H,11-14,16H2,1H3. The van der Waals surface area contributed by atoms with Gasteiger partial charge in [-0.15, -0.1) is 0 Å². The number of hydrogen-bond donors (Lipinski definition) is 0. The highest BCUT2D eigenvalue weighted by molar-refractivity contribution is 7.92. The molecule has 0 aliphatic carbocycles. The fourth-order valence-corrected chi connectivity index (χ4v) is 5.03. The van der Waals surface area contributed by atoms with Gasteiger partial charge in [0, 0.05) is 55.3 Å². The Kier molecular flexibility index (Phi) is 7.03. The van der Waals surface area contributed by atoms with Crippen LogP contribution in [0, 0.1) is 0 Å². The van der Waals surface area contributed by atoms with Crippen molar-refractivity contribution in [3.8, 4) is 22.8 Å². The lowest BCUT2D eigenvalue weighted by molar-refractivity contribution is -0.0436. The molecule has 1 saturated heterocycles. The van der Waals surface area contributed by atoms with Crippen molar-refractivity contribution in [2.45, 2.75) is 16.9 Å². The Hall–Kier alpha value is -3.97. The van der Waals surface area contributed by atoms with Crippen LogP contribution in [0.15, 0.2) is 81.1 Å². The molecule has 5 rings (SSSR count). The first-order valence-corrected chi connectivity index (χ1v) is 13.5. The number of likely N-dealkylation sites (N-methyl/N-ethyl adjacent to an activating group) is 1. The average molecular weight is 560 g/mol. The van der Waals surface area contributed by atoms with Gasteiger partial charge in [-0.25, -0.2) is 8.42 Å². The van der Waals surface area contributed by atoms with Gasteiger partial charge in [0.25, 0.3) is 21.3 Å². The molecular formula is C26H24F3N5O4S. The van der Waals surface area contributed by atoms with Crippen molar-refractivity contribution in [3.05, 3.63) is 82.8 Å². The van der Waals surface area contributed by atoms with E-state index in [-0.39, 0.29) is 22.8 Å². The number of piperazine rings is 1. The summed E-state index contributed by atoms with van der Waals surface area (Å²) in [5, 5.41) is 3.92. The van der Waals surface area contributed by atoms with E-state index in [1.54, 1.807) is 12.3 Å². The van der Waals surface area contributed by atoms with Gasteiger partial charge in [-0.1, -0.05) is 17.3 Å². The second-order valence-corrected chi connectivity index (χ2v) is 11.2. The van der Waals surface area contributed by atoms with Crippen molar-refractivity contribution in [1.82, 2.24) is 19.6 Å². The minimum Gasteiger partial charge on any atom is -0.369 e. The molecular weight excluding hydrogens is 535 g/mol. The molecule has 3 heterocycles. The minimum absolute atomic E-state index is 0.0152. The highest BCUT2D eigenvalue weighted by Gasteiger charge is 2.46. The molecule has 39 heavy (non-hydrogen) atoms. The maximum absolute atomic E-state index is 12.8. The van der Waals surface area contributed by atoms with E-state index in [4.69, 9.17) is 4.52 Å². The second kappa shape index (κ2) is 10.3. The predicted octanol–water partition coefficient (Wildman–Crippen LogP) is 3.66. The van der Waals surface area contributed by atoms with Gasteiger partial charge in [0.1, 0.15) is 0 Å². The van der Waals surface area contributed by atoms with E-state index in [0.717, 1.165) is 61.7 Å². The fraction of sp³-hybridized carbons (Fsp3) is 0.269. The predicted molar refractivity (Wildman–Crippen MR) is 138 cm³/mol. The van der Waals surface area contributed by atoms with Crippen molar-refractivity contribution in [3.63, 3.8) is 0 Å². The molecule has 2 aromatic carbocycles. The van der Waals surface area contributed by atoms with Crippen LogP contribution >= 0.6 is 0 Å². The molecule has 1 fully saturated rings. The Morgan fingerprint density at radius 2 is 1.64 bits per heavy atom. The first kappa shape index (κ1) is 26.6. The van der Waals surface area contributed by atoms with Gasteiger partial charge >= 0.3 is 5.51 Å². The number of anilines is 1. The third kappa shape index (κ3) is 5.59. The second-order valence-electron chi connectivity index (χ2n) is 9.24. The number of benzene rings is 2. The number of aromatic nitrogens is 3. The molecule has 2 aromatic heterocycles. The average Bonchev–Trinajstić information content (AvgIpc) is 3.40. The van der Waals surface area contributed by atoms with Crippen LogP contribution < -0.4 is 10.5 Å². The fourth-order valence-electron chi connectivity index (χ4n) is 4.27. The van der Waals surface area contributed by atoms with Gasteiger partial charge in [-0.05, 0) is 55.1 Å². The number of pyridine rings is 1. The molecule has 4 aromatic rings. The van der Waals surface area contributed by atoms with Gasteiger partial charge in [0.05, 0.1) is 11.4 Å². The molecule has 0 atom stereocenters. The summed E-state index contributed by atoms with van der Waals surface area (Å²) in [4.78, 5) is 20.6. The lowest BCUT2D eigenvalue weighted by atomic mass is 10.1. The molecule has 0 N–H and O–H groups in total. The Morgan fingerprint density at radius 3 is 2.33 bits per heavy atom. The van der Waals surface area contributed by atoms with Crippen LogP contribution in [-0.2, 0) is 16.4 Å². The largest absolute Gasteiger partial charge is 0.501 e. The summed E-state index contributed by atoms with van der Waals surface area (Å²) in [5.41, 5.74) is -2.83. The van der Waals surface area contributed by atoms with Gasteiger partial charge in [0.15, 0.2) is 0 Å². The third-order valence-electron chi connectivity index (χ3n) is 6.52. The molecule has 0 radical (unpaired) electrons. The van der Waals surface area contributed by atoms with Crippen molar-refractivity contribution >= 4 is 15.5 Å². The zero-order valence-corrected chi connectivity index (χ0v) is 21.6. The van der Waals surface area contributed by atoms with Gasteiger partial charge in [-0.3, -0.25) is 4.79 Å². The number of halogens is 3. The lowest BCUT2D eigenvalue weighted by Gasteiger charge is -2.34. The zero-order chi connectivity index (χ0) is 27.8. The molecule has 1 aliphatic rings. The van der Waals surface area contributed by atoms with E-state index in [9.17, 15) is 26.4 Å². The maximum Gasteiger partial charge on any atom is 0.501 e. The molecule has 13 heteroatoms. The first-order valence-electron chi connectivity index (χ1n) is 12.0. The van der Waals surface area contributed by atoms with Crippen LogP contribution in [0.5, 0.6) is 0 Å². The number of sulfone groups is 1. The summed E-state index contributed by atoms with van der Waals surface area (Å²) in [6.45, 7) is 4.14. The smallest absolute Gasteiger partial charge is 0.369 e. The van der Waals surface area contributed by atoms with Crippen LogP contribution in [-0.4, -0.2) is 66.8 Å². The SMILES string of the molecule is CN1CCN(c2cccc(Cn3cc(-c4noc(-c5ccc(S(=O)(=O)C(F)(F)F)cc5)n4)ccc3=O)c2)CC1. The van der Waals surface area contributed by atoms with E-state index >= 15 is 0 Å². The Labute approximate surface area is 222 Å². The Balaban J connectivity index is 1.35. The van der Waals surface area contributed by atoms with Crippen molar-refractivity contribution in [2.75, 3.05) is 38.1 Å². The molecule has 204 valence electrons. The minimum atomic E-state index is -5.46. The molecule has 0 amide bonds. The van der Waals surface area contributed by atoms with Crippen molar-refractivity contribution in [2.24, 2.45) is 0 Å². The van der Waals surface area contributed by atoms with E-state index in [0.29, 0.717) is 12.1 Å². The van der Waals surface area contributed by atoms with Crippen LogP contribution in [0.2, 0.25) is 0 Å². The summed E-state index contributed by atoms with van der Waals surface area (Å²) in [7, 11) is -3.37. The molecule has 0 saturated carbocycles. The van der Waals surface area contributed by atoms with Gasteiger partial charge in [-0.2, -0.15) is 18.2 Å². The molecule has 1 aliphatic heterocycles. The highest BCUT2D eigenvalue weighted by atomic mass is 32.2. The quantitative estimate of drug-likeness (QED) is 0.353. The van der Waals surface area contributed by atoms with E-state index < -0.39 is 20.2 Å². The number of hydrogen-bond acceptors (Lipinski definition) is 8. The summed E-state index contributed by atoms with van der Waals surface area (Å²) in [6, 6.07) is 15.0.